The first-order valence-corrected chi connectivity index (χ1v) is 15.3. The summed E-state index contributed by atoms with van der Waals surface area (Å²) in [5.74, 6) is -3.96. The van der Waals surface area contributed by atoms with E-state index in [0.717, 1.165) is 0 Å². The number of ether oxygens (including phenoxy) is 7. The standard InChI is InChI=1S/C29H34F2N4O12.C2H6/c1-14(2)25(38)42-13-44-28(40)34-22-10-17(7-8-32-22)9-19-23(26(39)43-12-41-16(4)36)45-27(35-24(19)37)33-15(3)18-5-6-20-21(11-18)47-29(30,31)46-20;1-2/h5-8,10-11,14-16,19,23,27,33,36H,9,12-13H2,1-4H3,(H,35,37)(H,32,34,40);1-2H3/t15?,16?,19-,23?,27?;/m1./s1. The molecule has 2 aliphatic rings. The van der Waals surface area contributed by atoms with E-state index in [1.165, 1.54) is 37.4 Å². The maximum Gasteiger partial charge on any atom is 0.586 e. The highest BCUT2D eigenvalue weighted by Gasteiger charge is 2.45. The van der Waals surface area contributed by atoms with Gasteiger partial charge in [0.2, 0.25) is 12.7 Å². The van der Waals surface area contributed by atoms with Crippen LogP contribution < -0.4 is 25.4 Å². The number of hydrogen-bond donors (Lipinski definition) is 4. The number of esters is 2. The van der Waals surface area contributed by atoms with Crippen molar-refractivity contribution in [2.45, 2.75) is 79.0 Å². The molecule has 18 heteroatoms. The number of pyridine rings is 1. The first-order valence-electron chi connectivity index (χ1n) is 15.3. The average molecular weight is 699 g/mol. The summed E-state index contributed by atoms with van der Waals surface area (Å²) in [7, 11) is 0. The third-order valence-corrected chi connectivity index (χ3v) is 6.70. The fourth-order valence-electron chi connectivity index (χ4n) is 4.35. The van der Waals surface area contributed by atoms with Gasteiger partial charge in [0.1, 0.15) is 5.82 Å². The number of rotatable bonds is 13. The number of benzene rings is 1. The Labute approximate surface area is 280 Å². The number of carbonyl (C=O) groups is 4. The fraction of sp³-hybridized carbons (Fsp3) is 0.516. The summed E-state index contributed by atoms with van der Waals surface area (Å²) in [6.07, 6.45) is -7.43. The molecular weight excluding hydrogens is 658 g/mol. The third kappa shape index (κ3) is 11.5. The summed E-state index contributed by atoms with van der Waals surface area (Å²) in [6.45, 7) is 8.97. The molecule has 2 aromatic rings. The molecule has 2 amide bonds. The maximum absolute atomic E-state index is 13.5. The summed E-state index contributed by atoms with van der Waals surface area (Å²) in [5, 5.41) is 17.3. The van der Waals surface area contributed by atoms with Crippen molar-refractivity contribution in [2.75, 3.05) is 18.9 Å². The lowest BCUT2D eigenvalue weighted by Crippen LogP contribution is -2.61. The van der Waals surface area contributed by atoms with E-state index in [0.29, 0.717) is 11.1 Å². The van der Waals surface area contributed by atoms with E-state index in [4.69, 9.17) is 23.7 Å². The molecule has 0 saturated carbocycles. The second-order valence-electron chi connectivity index (χ2n) is 10.7. The molecule has 270 valence electrons. The van der Waals surface area contributed by atoms with Crippen LogP contribution in [0.4, 0.5) is 19.4 Å². The first-order chi connectivity index (χ1) is 23.2. The number of halogens is 2. The lowest BCUT2D eigenvalue weighted by Gasteiger charge is -2.36. The van der Waals surface area contributed by atoms with Gasteiger partial charge in [-0.05, 0) is 55.7 Å². The molecule has 0 radical (unpaired) electrons. The van der Waals surface area contributed by atoms with Crippen molar-refractivity contribution in [1.29, 1.82) is 0 Å². The second kappa shape index (κ2) is 17.7. The van der Waals surface area contributed by atoms with E-state index in [2.05, 4.69) is 30.4 Å². The fourth-order valence-corrected chi connectivity index (χ4v) is 4.35. The molecule has 0 aliphatic carbocycles. The zero-order valence-corrected chi connectivity index (χ0v) is 27.7. The Morgan fingerprint density at radius 2 is 1.73 bits per heavy atom. The Hall–Kier alpha value is -4.65. The van der Waals surface area contributed by atoms with Crippen molar-refractivity contribution >= 4 is 29.8 Å². The van der Waals surface area contributed by atoms with E-state index in [9.17, 15) is 33.1 Å². The average Bonchev–Trinajstić information content (AvgIpc) is 3.36. The highest BCUT2D eigenvalue weighted by Crippen LogP contribution is 2.42. The normalized spacial score (nSPS) is 20.2. The van der Waals surface area contributed by atoms with E-state index < -0.39 is 80.4 Å². The van der Waals surface area contributed by atoms with Gasteiger partial charge in [-0.1, -0.05) is 33.8 Å². The van der Waals surface area contributed by atoms with Crippen LogP contribution in [-0.4, -0.2) is 72.7 Å². The van der Waals surface area contributed by atoms with E-state index in [1.807, 2.05) is 13.8 Å². The van der Waals surface area contributed by atoms with Crippen LogP contribution in [-0.2, 0) is 44.5 Å². The molecule has 4 rings (SSSR count). The summed E-state index contributed by atoms with van der Waals surface area (Å²) < 4.78 is 61.3. The van der Waals surface area contributed by atoms with E-state index in [-0.39, 0.29) is 23.7 Å². The van der Waals surface area contributed by atoms with Gasteiger partial charge in [0.25, 0.3) is 0 Å². The van der Waals surface area contributed by atoms with Gasteiger partial charge in [0, 0.05) is 12.2 Å². The van der Waals surface area contributed by atoms with Crippen LogP contribution in [0.15, 0.2) is 36.5 Å². The van der Waals surface area contributed by atoms with Gasteiger partial charge >= 0.3 is 24.3 Å². The Bertz CT molecular complexity index is 1460. The molecule has 3 heterocycles. The summed E-state index contributed by atoms with van der Waals surface area (Å²) in [4.78, 5) is 54.1. The summed E-state index contributed by atoms with van der Waals surface area (Å²) in [6, 6.07) is 6.52. The van der Waals surface area contributed by atoms with Crippen molar-refractivity contribution in [3.05, 3.63) is 47.7 Å². The highest BCUT2D eigenvalue weighted by atomic mass is 19.3. The second-order valence-corrected chi connectivity index (χ2v) is 10.7. The van der Waals surface area contributed by atoms with Crippen LogP contribution in [0.2, 0.25) is 0 Å². The number of aliphatic hydroxyl groups is 1. The van der Waals surface area contributed by atoms with Crippen molar-refractivity contribution in [1.82, 2.24) is 15.6 Å². The van der Waals surface area contributed by atoms with E-state index in [1.54, 1.807) is 26.8 Å². The SMILES string of the molecule is CC.CC(O)OCOC(=O)C1OC(NC(C)c2ccc3c(c2)OC(F)(F)O3)NC(=O)[C@@H]1Cc1ccnc(NC(=O)OCOC(=O)C(C)C)c1. The van der Waals surface area contributed by atoms with Crippen molar-refractivity contribution in [2.24, 2.45) is 11.8 Å². The molecule has 1 fully saturated rings. The number of nitrogens with zero attached hydrogens (tertiary/aromatic N) is 1. The largest absolute Gasteiger partial charge is 0.586 e. The number of aromatic nitrogens is 1. The van der Waals surface area contributed by atoms with Crippen molar-refractivity contribution in [3.63, 3.8) is 0 Å². The molecule has 2 aliphatic heterocycles. The lowest BCUT2D eigenvalue weighted by atomic mass is 9.92. The Morgan fingerprint density at radius 3 is 2.43 bits per heavy atom. The Balaban J connectivity index is 0.00000319. The summed E-state index contributed by atoms with van der Waals surface area (Å²) >= 11 is 0. The predicted octanol–water partition coefficient (Wildman–Crippen LogP) is 3.30. The number of alkyl halides is 2. The van der Waals surface area contributed by atoms with Crippen LogP contribution >= 0.6 is 0 Å². The van der Waals surface area contributed by atoms with Crippen LogP contribution in [0.1, 0.15) is 58.7 Å². The van der Waals surface area contributed by atoms with Gasteiger partial charge in [-0.3, -0.25) is 20.2 Å². The number of aliphatic hydroxyl groups excluding tert-OH is 1. The predicted molar refractivity (Wildman–Crippen MR) is 163 cm³/mol. The van der Waals surface area contributed by atoms with Gasteiger partial charge in [0.05, 0.1) is 11.8 Å². The number of nitrogens with one attached hydrogen (secondary N) is 3. The van der Waals surface area contributed by atoms with Crippen LogP contribution in [0.25, 0.3) is 0 Å². The molecule has 4 unspecified atom stereocenters. The molecule has 1 saturated heterocycles. The van der Waals surface area contributed by atoms with E-state index >= 15 is 0 Å². The number of anilines is 1. The molecule has 16 nitrogen and oxygen atoms in total. The topological polar surface area (TPSA) is 202 Å². The number of amides is 2. The molecule has 0 spiro atoms. The minimum absolute atomic E-state index is 0.0409. The molecule has 0 bridgehead atoms. The monoisotopic (exact) mass is 698 g/mol. The first kappa shape index (κ1) is 38.8. The minimum Gasteiger partial charge on any atom is -0.436 e. The zero-order valence-electron chi connectivity index (χ0n) is 27.7. The third-order valence-electron chi connectivity index (χ3n) is 6.70. The van der Waals surface area contributed by atoms with Crippen molar-refractivity contribution in [3.8, 4) is 11.5 Å². The molecule has 1 aromatic carbocycles. The molecule has 49 heavy (non-hydrogen) atoms. The molecule has 1 aromatic heterocycles. The van der Waals surface area contributed by atoms with Crippen LogP contribution in [0, 0.1) is 11.8 Å². The number of carbonyl (C=O) groups excluding carboxylic acids is 4. The van der Waals surface area contributed by atoms with Gasteiger partial charge < -0.3 is 43.6 Å². The smallest absolute Gasteiger partial charge is 0.436 e. The zero-order chi connectivity index (χ0) is 36.3. The maximum atomic E-state index is 13.5. The Kier molecular flexibility index (Phi) is 14.0. The Morgan fingerprint density at radius 1 is 1.02 bits per heavy atom. The van der Waals surface area contributed by atoms with Gasteiger partial charge in [-0.2, -0.15) is 0 Å². The molecule has 4 N–H and O–H groups in total. The van der Waals surface area contributed by atoms with Crippen LogP contribution in [0.5, 0.6) is 11.5 Å². The molecular formula is C31H40F2N4O12. The highest BCUT2D eigenvalue weighted by molar-refractivity contribution is 5.88. The lowest BCUT2D eigenvalue weighted by molar-refractivity contribution is -0.286. The quantitative estimate of drug-likeness (QED) is 0.175. The van der Waals surface area contributed by atoms with Crippen LogP contribution in [0.3, 0.4) is 0 Å². The van der Waals surface area contributed by atoms with Gasteiger partial charge in [0.15, 0.2) is 37.0 Å². The number of hydrogen-bond acceptors (Lipinski definition) is 14. The van der Waals surface area contributed by atoms with Gasteiger partial charge in [-0.25, -0.2) is 14.6 Å². The van der Waals surface area contributed by atoms with Gasteiger partial charge in [-0.15, -0.1) is 8.78 Å². The number of fused-ring (bicyclic) bond motifs is 1. The minimum atomic E-state index is -3.79. The molecule has 5 atom stereocenters. The van der Waals surface area contributed by atoms with Crippen molar-refractivity contribution < 1.29 is 66.2 Å². The summed E-state index contributed by atoms with van der Waals surface area (Å²) in [5.41, 5.74) is 0.933.